The monoisotopic (exact) mass is 356 g/mol. The van der Waals surface area contributed by atoms with E-state index in [1.807, 2.05) is 23.3 Å². The van der Waals surface area contributed by atoms with Gasteiger partial charge in [0.05, 0.1) is 11.9 Å². The fourth-order valence-electron chi connectivity index (χ4n) is 3.75. The highest BCUT2D eigenvalue weighted by molar-refractivity contribution is 7.19. The molecule has 2 heterocycles. The number of nitrogens with one attached hydrogen (secondary N) is 1. The molecule has 0 aromatic carbocycles. The molecule has 1 N–H and O–H groups in total. The summed E-state index contributed by atoms with van der Waals surface area (Å²) in [6.45, 7) is 0.372. The van der Waals surface area contributed by atoms with Crippen LogP contribution >= 0.6 is 11.3 Å². The number of hydrogen-bond donors (Lipinski definition) is 1. The van der Waals surface area contributed by atoms with E-state index in [1.165, 1.54) is 47.9 Å². The molecule has 6 heteroatoms. The van der Waals surface area contributed by atoms with Crippen molar-refractivity contribution in [3.05, 3.63) is 16.3 Å². The number of likely N-dealkylation sites (N-methyl/N-ethyl adjacent to an activating group) is 1. The van der Waals surface area contributed by atoms with Gasteiger partial charge in [0, 0.05) is 23.9 Å². The molecule has 0 radical (unpaired) electrons. The Hall–Kier alpha value is -1.69. The molecule has 0 aliphatic heterocycles. The maximum atomic E-state index is 12.3. The van der Waals surface area contributed by atoms with Crippen molar-refractivity contribution in [3.8, 4) is 0 Å². The van der Waals surface area contributed by atoms with Gasteiger partial charge in [-0.1, -0.05) is 0 Å². The molecule has 0 bridgehead atoms. The van der Waals surface area contributed by atoms with E-state index < -0.39 is 0 Å². The van der Waals surface area contributed by atoms with E-state index in [-0.39, 0.29) is 5.91 Å². The van der Waals surface area contributed by atoms with Crippen molar-refractivity contribution in [1.29, 1.82) is 0 Å². The van der Waals surface area contributed by atoms with Gasteiger partial charge >= 0.3 is 0 Å². The van der Waals surface area contributed by atoms with Crippen molar-refractivity contribution in [2.24, 2.45) is 0 Å². The predicted octanol–water partition coefficient (Wildman–Crippen LogP) is 3.16. The van der Waals surface area contributed by atoms with Gasteiger partial charge < -0.3 is 10.2 Å². The highest BCUT2D eigenvalue weighted by Crippen LogP contribution is 2.43. The number of fused-ring (bicyclic) bond motifs is 3. The third-order valence-corrected chi connectivity index (χ3v) is 6.63. The fraction of sp³-hybridized carbons (Fsp3) is 0.632. The van der Waals surface area contributed by atoms with Gasteiger partial charge in [-0.15, -0.1) is 11.3 Å². The summed E-state index contributed by atoms with van der Waals surface area (Å²) in [4.78, 5) is 26.8. The van der Waals surface area contributed by atoms with Crippen LogP contribution in [-0.2, 0) is 17.6 Å². The predicted molar refractivity (Wildman–Crippen MR) is 100 cm³/mol. The number of thiophene rings is 1. The number of aromatic nitrogens is 2. The van der Waals surface area contributed by atoms with Crippen molar-refractivity contribution in [3.63, 3.8) is 0 Å². The Morgan fingerprint density at radius 1 is 1.20 bits per heavy atom. The van der Waals surface area contributed by atoms with Gasteiger partial charge in [0.2, 0.25) is 5.91 Å². The second-order valence-corrected chi connectivity index (χ2v) is 8.85. The number of hydrogen-bond acceptors (Lipinski definition) is 5. The first-order chi connectivity index (χ1) is 12.2. The zero-order chi connectivity index (χ0) is 17.0. The number of carbonyl (C=O) groups is 1. The molecule has 1 amide bonds. The number of rotatable bonds is 5. The molecule has 2 aromatic heterocycles. The Labute approximate surface area is 151 Å². The zero-order valence-corrected chi connectivity index (χ0v) is 15.5. The number of nitrogens with zero attached hydrogens (tertiary/aromatic N) is 3. The number of anilines is 1. The highest BCUT2D eigenvalue weighted by atomic mass is 32.1. The summed E-state index contributed by atoms with van der Waals surface area (Å²) in [7, 11) is 2.00. The SMILES string of the molecule is CN(CC(=O)NC1CC1)c1nc(C2CC2)nc2sc3c(c12)CCCC3. The minimum atomic E-state index is 0.105. The van der Waals surface area contributed by atoms with Gasteiger partial charge in [0.1, 0.15) is 16.5 Å². The summed E-state index contributed by atoms with van der Waals surface area (Å²) < 4.78 is 0. The van der Waals surface area contributed by atoms with E-state index in [1.54, 1.807) is 0 Å². The van der Waals surface area contributed by atoms with Crippen LogP contribution in [0.25, 0.3) is 10.2 Å². The van der Waals surface area contributed by atoms with Crippen LogP contribution in [0.2, 0.25) is 0 Å². The third kappa shape index (κ3) is 3.01. The molecule has 3 aliphatic carbocycles. The van der Waals surface area contributed by atoms with Crippen LogP contribution in [0, 0.1) is 0 Å². The maximum Gasteiger partial charge on any atom is 0.239 e. The fourth-order valence-corrected chi connectivity index (χ4v) is 5.01. The zero-order valence-electron chi connectivity index (χ0n) is 14.7. The van der Waals surface area contributed by atoms with Crippen molar-refractivity contribution in [2.75, 3.05) is 18.5 Å². The Kier molecular flexibility index (Phi) is 3.69. The quantitative estimate of drug-likeness (QED) is 0.894. The molecule has 0 spiro atoms. The smallest absolute Gasteiger partial charge is 0.239 e. The van der Waals surface area contributed by atoms with E-state index in [0.29, 0.717) is 18.5 Å². The molecule has 132 valence electrons. The van der Waals surface area contributed by atoms with E-state index in [2.05, 4.69) is 5.32 Å². The molecular weight excluding hydrogens is 332 g/mol. The van der Waals surface area contributed by atoms with Gasteiger partial charge in [-0.2, -0.15) is 0 Å². The Morgan fingerprint density at radius 2 is 2.00 bits per heavy atom. The number of carbonyl (C=O) groups excluding carboxylic acids is 1. The molecule has 3 aliphatic rings. The molecule has 2 aromatic rings. The molecule has 5 nitrogen and oxygen atoms in total. The van der Waals surface area contributed by atoms with Crippen molar-refractivity contribution in [1.82, 2.24) is 15.3 Å². The van der Waals surface area contributed by atoms with Crippen LogP contribution in [0.5, 0.6) is 0 Å². The second-order valence-electron chi connectivity index (χ2n) is 7.77. The minimum absolute atomic E-state index is 0.105. The summed E-state index contributed by atoms with van der Waals surface area (Å²) in [6, 6.07) is 0.405. The largest absolute Gasteiger partial charge is 0.352 e. The van der Waals surface area contributed by atoms with Crippen molar-refractivity contribution < 1.29 is 4.79 Å². The van der Waals surface area contributed by atoms with Gasteiger partial charge in [0.15, 0.2) is 0 Å². The second kappa shape index (κ2) is 5.94. The lowest BCUT2D eigenvalue weighted by molar-refractivity contribution is -0.119. The van der Waals surface area contributed by atoms with Gasteiger partial charge in [-0.05, 0) is 56.9 Å². The van der Waals surface area contributed by atoms with Crippen LogP contribution in [-0.4, -0.2) is 35.5 Å². The van der Waals surface area contributed by atoms with Crippen LogP contribution in [0.3, 0.4) is 0 Å². The van der Waals surface area contributed by atoms with Gasteiger partial charge in [0.25, 0.3) is 0 Å². The Morgan fingerprint density at radius 3 is 2.76 bits per heavy atom. The molecule has 2 saturated carbocycles. The average Bonchev–Trinajstić information content (AvgIpc) is 3.51. The van der Waals surface area contributed by atoms with E-state index in [0.717, 1.165) is 35.7 Å². The van der Waals surface area contributed by atoms with Crippen LogP contribution < -0.4 is 10.2 Å². The maximum absolute atomic E-state index is 12.3. The normalized spacial score (nSPS) is 19.7. The lowest BCUT2D eigenvalue weighted by Crippen LogP contribution is -2.36. The molecule has 25 heavy (non-hydrogen) atoms. The summed E-state index contributed by atoms with van der Waals surface area (Å²) in [5, 5.41) is 4.30. The highest BCUT2D eigenvalue weighted by Gasteiger charge is 2.31. The lowest BCUT2D eigenvalue weighted by atomic mass is 9.97. The van der Waals surface area contributed by atoms with Gasteiger partial charge in [-0.25, -0.2) is 9.97 Å². The molecule has 0 saturated heterocycles. The molecule has 0 unspecified atom stereocenters. The molecular formula is C19H24N4OS. The summed E-state index contributed by atoms with van der Waals surface area (Å²) >= 11 is 1.85. The Balaban J connectivity index is 1.54. The first-order valence-electron chi connectivity index (χ1n) is 9.51. The molecule has 2 fully saturated rings. The van der Waals surface area contributed by atoms with Gasteiger partial charge in [-0.3, -0.25) is 4.79 Å². The third-order valence-electron chi connectivity index (χ3n) is 5.44. The Bertz CT molecular complexity index is 838. The van der Waals surface area contributed by atoms with Crippen molar-refractivity contribution in [2.45, 2.75) is 63.3 Å². The van der Waals surface area contributed by atoms with Crippen LogP contribution in [0.4, 0.5) is 5.82 Å². The lowest BCUT2D eigenvalue weighted by Gasteiger charge is -2.20. The number of amides is 1. The summed E-state index contributed by atoms with van der Waals surface area (Å²) in [5.41, 5.74) is 1.44. The first kappa shape index (κ1) is 15.6. The van der Waals surface area contributed by atoms with Crippen LogP contribution in [0.1, 0.15) is 60.7 Å². The van der Waals surface area contributed by atoms with E-state index >= 15 is 0 Å². The average molecular weight is 356 g/mol. The van der Waals surface area contributed by atoms with E-state index in [4.69, 9.17) is 9.97 Å². The topological polar surface area (TPSA) is 58.1 Å². The van der Waals surface area contributed by atoms with Crippen molar-refractivity contribution >= 4 is 33.3 Å². The minimum Gasteiger partial charge on any atom is -0.352 e. The molecule has 0 atom stereocenters. The molecule has 5 rings (SSSR count). The number of aryl methyl sites for hydroxylation is 2. The summed E-state index contributed by atoms with van der Waals surface area (Å²) in [6.07, 6.45) is 9.45. The first-order valence-corrected chi connectivity index (χ1v) is 10.3. The summed E-state index contributed by atoms with van der Waals surface area (Å²) in [5.74, 6) is 2.58. The van der Waals surface area contributed by atoms with Crippen LogP contribution in [0.15, 0.2) is 0 Å². The standard InChI is InChI=1S/C19H24N4OS/c1-23(10-15(24)20-12-8-9-12)18-16-13-4-2-3-5-14(13)25-19(16)22-17(21-18)11-6-7-11/h11-12H,2-10H2,1H3,(H,20,24). The van der Waals surface area contributed by atoms with E-state index in [9.17, 15) is 4.79 Å².